The molecule has 1 saturated heterocycles. The van der Waals surface area contributed by atoms with Crippen LogP contribution in [-0.4, -0.2) is 48.4 Å². The summed E-state index contributed by atoms with van der Waals surface area (Å²) in [5.41, 5.74) is 1.19. The number of pyridine rings is 1. The minimum Gasteiger partial charge on any atom is -0.497 e. The molecule has 2 fully saturated rings. The van der Waals surface area contributed by atoms with Crippen LogP contribution in [0.25, 0.3) is 0 Å². The molecule has 184 valence electrons. The van der Waals surface area contributed by atoms with Crippen LogP contribution in [0.3, 0.4) is 0 Å². The van der Waals surface area contributed by atoms with E-state index in [9.17, 15) is 13.2 Å². The highest BCUT2D eigenvalue weighted by Crippen LogP contribution is 2.39. The first-order valence-electron chi connectivity index (χ1n) is 11.0. The maximum Gasteiger partial charge on any atom is 0.422 e. The SMILES string of the molecule is COc1ccc(CN(c2ccnc(C3COSN3C(=O)OC(C)(C)C)c2)S(=O)(=O)C2CC2)cc1. The summed E-state index contributed by atoms with van der Waals surface area (Å²) >= 11 is 0.910. The van der Waals surface area contributed by atoms with Gasteiger partial charge in [0.1, 0.15) is 29.6 Å². The molecule has 1 atom stereocenters. The molecule has 1 aromatic carbocycles. The van der Waals surface area contributed by atoms with Crippen molar-refractivity contribution in [3.05, 3.63) is 53.9 Å². The smallest absolute Gasteiger partial charge is 0.422 e. The number of nitrogens with zero attached hydrogens (tertiary/aromatic N) is 3. The molecule has 2 heterocycles. The number of amides is 1. The van der Waals surface area contributed by atoms with Crippen molar-refractivity contribution in [1.82, 2.24) is 9.29 Å². The van der Waals surface area contributed by atoms with E-state index in [-0.39, 0.29) is 18.4 Å². The minimum atomic E-state index is -3.56. The Hall–Kier alpha value is -2.50. The first kappa shape index (κ1) is 24.6. The fourth-order valence-corrected chi connectivity index (χ4v) is 5.99. The van der Waals surface area contributed by atoms with E-state index in [0.717, 1.165) is 17.8 Å². The second kappa shape index (κ2) is 9.63. The molecule has 1 saturated carbocycles. The second-order valence-corrected chi connectivity index (χ2v) is 12.1. The van der Waals surface area contributed by atoms with Crippen LogP contribution < -0.4 is 9.04 Å². The average molecular weight is 508 g/mol. The predicted molar refractivity (Wildman–Crippen MR) is 130 cm³/mol. The van der Waals surface area contributed by atoms with E-state index in [4.69, 9.17) is 13.7 Å². The number of hydrogen-bond acceptors (Lipinski definition) is 8. The number of hydrogen-bond donors (Lipinski definition) is 0. The summed E-state index contributed by atoms with van der Waals surface area (Å²) in [5.74, 6) is 0.701. The predicted octanol–water partition coefficient (Wildman–Crippen LogP) is 4.46. The van der Waals surface area contributed by atoms with E-state index in [1.807, 2.05) is 12.1 Å². The highest BCUT2D eigenvalue weighted by atomic mass is 32.2. The Kier molecular flexibility index (Phi) is 6.97. The standard InChI is InChI=1S/C23H29N3O6S2/c1-23(2,3)32-22(27)26-21(15-31-33-26)20-13-17(11-12-24-20)25(34(28,29)19-9-10-19)14-16-5-7-18(30-4)8-6-16/h5-8,11-13,19,21H,9-10,14-15H2,1-4H3. The van der Waals surface area contributed by atoms with Crippen LogP contribution in [0.1, 0.15) is 50.9 Å². The molecular weight excluding hydrogens is 478 g/mol. The Morgan fingerprint density at radius 1 is 1.24 bits per heavy atom. The Morgan fingerprint density at radius 3 is 2.56 bits per heavy atom. The zero-order valence-corrected chi connectivity index (χ0v) is 21.3. The summed E-state index contributed by atoms with van der Waals surface area (Å²) in [6, 6.07) is 10.2. The van der Waals surface area contributed by atoms with Gasteiger partial charge in [-0.05, 0) is 63.4 Å². The van der Waals surface area contributed by atoms with Crippen LogP contribution >= 0.6 is 12.2 Å². The van der Waals surface area contributed by atoms with Gasteiger partial charge < -0.3 is 9.47 Å². The summed E-state index contributed by atoms with van der Waals surface area (Å²) in [6.07, 6.45) is 2.33. The number of aromatic nitrogens is 1. The fourth-order valence-electron chi connectivity index (χ4n) is 3.49. The Balaban J connectivity index is 1.63. The number of ether oxygens (including phenoxy) is 2. The molecule has 11 heteroatoms. The number of methoxy groups -OCH3 is 1. The molecule has 0 spiro atoms. The van der Waals surface area contributed by atoms with E-state index in [1.54, 1.807) is 58.3 Å². The van der Waals surface area contributed by atoms with Crippen molar-refractivity contribution >= 4 is 34.0 Å². The Labute approximate surface area is 204 Å². The molecule has 1 aromatic heterocycles. The number of carbonyl (C=O) groups excluding carboxylic acids is 1. The van der Waals surface area contributed by atoms with Gasteiger partial charge in [-0.15, -0.1) is 0 Å². The lowest BCUT2D eigenvalue weighted by Gasteiger charge is -2.27. The lowest BCUT2D eigenvalue weighted by molar-refractivity contribution is 0.0365. The second-order valence-electron chi connectivity index (χ2n) is 9.22. The molecule has 0 radical (unpaired) electrons. The van der Waals surface area contributed by atoms with E-state index in [1.165, 1.54) is 8.61 Å². The molecule has 2 aliphatic rings. The molecule has 1 aliphatic heterocycles. The van der Waals surface area contributed by atoms with Crippen LogP contribution in [0.5, 0.6) is 5.75 Å². The third-order valence-electron chi connectivity index (χ3n) is 5.35. The number of carbonyl (C=O) groups is 1. The van der Waals surface area contributed by atoms with Crippen molar-refractivity contribution in [3.63, 3.8) is 0 Å². The van der Waals surface area contributed by atoms with Gasteiger partial charge >= 0.3 is 6.09 Å². The third-order valence-corrected chi connectivity index (χ3v) is 8.42. The highest BCUT2D eigenvalue weighted by Gasteiger charge is 2.41. The van der Waals surface area contributed by atoms with Crippen molar-refractivity contribution in [1.29, 1.82) is 0 Å². The monoisotopic (exact) mass is 507 g/mol. The quantitative estimate of drug-likeness (QED) is 0.400. The summed E-state index contributed by atoms with van der Waals surface area (Å²) in [7, 11) is -1.97. The van der Waals surface area contributed by atoms with Crippen molar-refractivity contribution in [2.45, 2.75) is 57.1 Å². The topological polar surface area (TPSA) is 98.3 Å². The van der Waals surface area contributed by atoms with Crippen LogP contribution in [0.2, 0.25) is 0 Å². The van der Waals surface area contributed by atoms with Gasteiger partial charge in [0.15, 0.2) is 0 Å². The molecule has 1 amide bonds. The maximum atomic E-state index is 13.4. The van der Waals surface area contributed by atoms with Gasteiger partial charge in [-0.25, -0.2) is 17.5 Å². The van der Waals surface area contributed by atoms with Crippen LogP contribution in [0.15, 0.2) is 42.6 Å². The molecule has 9 nitrogen and oxygen atoms in total. The van der Waals surface area contributed by atoms with Crippen LogP contribution in [0.4, 0.5) is 10.5 Å². The van der Waals surface area contributed by atoms with Gasteiger partial charge in [-0.3, -0.25) is 13.5 Å². The minimum absolute atomic E-state index is 0.179. The largest absolute Gasteiger partial charge is 0.497 e. The Morgan fingerprint density at radius 2 is 1.94 bits per heavy atom. The van der Waals surface area contributed by atoms with Gasteiger partial charge in [-0.1, -0.05) is 12.1 Å². The number of anilines is 1. The molecule has 1 unspecified atom stereocenters. The van der Waals surface area contributed by atoms with Crippen molar-refractivity contribution in [2.24, 2.45) is 0 Å². The van der Waals surface area contributed by atoms with E-state index >= 15 is 0 Å². The Bertz CT molecular complexity index is 1130. The number of rotatable bonds is 7. The fraction of sp³-hybridized carbons (Fsp3) is 0.478. The van der Waals surface area contributed by atoms with Crippen LogP contribution in [-0.2, 0) is 25.5 Å². The average Bonchev–Trinajstić information content (AvgIpc) is 3.54. The van der Waals surface area contributed by atoms with Gasteiger partial charge in [0.25, 0.3) is 0 Å². The summed E-state index contributed by atoms with van der Waals surface area (Å²) in [4.78, 5) is 17.1. The summed E-state index contributed by atoms with van der Waals surface area (Å²) in [6.45, 7) is 5.77. The van der Waals surface area contributed by atoms with Crippen LogP contribution in [0, 0.1) is 0 Å². The molecule has 0 N–H and O–H groups in total. The number of benzene rings is 1. The third kappa shape index (κ3) is 5.59. The number of sulfonamides is 1. The van der Waals surface area contributed by atoms with Crippen molar-refractivity contribution < 1.29 is 26.9 Å². The zero-order valence-electron chi connectivity index (χ0n) is 19.6. The summed E-state index contributed by atoms with van der Waals surface area (Å²) in [5, 5.41) is -0.383. The highest BCUT2D eigenvalue weighted by molar-refractivity contribution is 7.93. The van der Waals surface area contributed by atoms with E-state index in [2.05, 4.69) is 4.98 Å². The molecule has 1 aliphatic carbocycles. The van der Waals surface area contributed by atoms with Crippen molar-refractivity contribution in [2.75, 3.05) is 18.0 Å². The zero-order chi connectivity index (χ0) is 24.5. The van der Waals surface area contributed by atoms with Gasteiger partial charge in [0, 0.05) is 6.20 Å². The summed E-state index contributed by atoms with van der Waals surface area (Å²) < 4.78 is 45.7. The molecule has 0 bridgehead atoms. The van der Waals surface area contributed by atoms with Gasteiger partial charge in [0.05, 0.1) is 36.9 Å². The lowest BCUT2D eigenvalue weighted by Crippen LogP contribution is -2.35. The molecule has 34 heavy (non-hydrogen) atoms. The molecular formula is C23H29N3O6S2. The van der Waals surface area contributed by atoms with Crippen molar-refractivity contribution in [3.8, 4) is 5.75 Å². The lowest BCUT2D eigenvalue weighted by atomic mass is 10.1. The first-order chi connectivity index (χ1) is 16.1. The molecule has 2 aromatic rings. The normalized spacial score (nSPS) is 18.6. The first-order valence-corrected chi connectivity index (χ1v) is 13.2. The maximum absolute atomic E-state index is 13.4. The molecule has 4 rings (SSSR count). The van der Waals surface area contributed by atoms with E-state index < -0.39 is 27.8 Å². The van der Waals surface area contributed by atoms with Gasteiger partial charge in [0.2, 0.25) is 10.0 Å². The van der Waals surface area contributed by atoms with E-state index in [0.29, 0.717) is 30.0 Å². The van der Waals surface area contributed by atoms with Gasteiger partial charge in [-0.2, -0.15) is 0 Å².